The average molecular weight is 224 g/mol. The van der Waals surface area contributed by atoms with E-state index in [1.54, 1.807) is 0 Å². The van der Waals surface area contributed by atoms with Crippen LogP contribution in [0, 0.1) is 23.2 Å². The van der Waals surface area contributed by atoms with Crippen LogP contribution >= 0.6 is 0 Å². The second kappa shape index (κ2) is 4.68. The lowest BCUT2D eigenvalue weighted by molar-refractivity contribution is -0.111. The Morgan fingerprint density at radius 1 is 1.38 bits per heavy atom. The van der Waals surface area contributed by atoms with Crippen molar-refractivity contribution in [2.75, 3.05) is 6.61 Å². The maximum Gasteiger partial charge on any atom is 0.0611 e. The second-order valence-electron chi connectivity index (χ2n) is 6.55. The molecule has 0 radical (unpaired) electrons. The van der Waals surface area contributed by atoms with Crippen molar-refractivity contribution < 1.29 is 4.74 Å². The molecule has 1 aliphatic carbocycles. The fraction of sp³-hybridized carbons (Fsp3) is 1.00. The Labute approximate surface area is 101 Å². The molecular weight excluding hydrogens is 196 g/mol. The summed E-state index contributed by atoms with van der Waals surface area (Å²) in [6, 6.07) is 0. The summed E-state index contributed by atoms with van der Waals surface area (Å²) >= 11 is 0. The van der Waals surface area contributed by atoms with E-state index in [2.05, 4.69) is 27.7 Å². The molecule has 0 N–H and O–H groups in total. The first-order valence-corrected chi connectivity index (χ1v) is 7.18. The van der Waals surface area contributed by atoms with Crippen molar-refractivity contribution in [2.45, 2.75) is 65.9 Å². The van der Waals surface area contributed by atoms with Crippen LogP contribution in [0.25, 0.3) is 0 Å². The fourth-order valence-electron chi connectivity index (χ4n) is 3.79. The molecule has 1 heterocycles. The summed E-state index contributed by atoms with van der Waals surface area (Å²) in [6.45, 7) is 10.7. The van der Waals surface area contributed by atoms with Crippen LogP contribution in [-0.4, -0.2) is 12.7 Å². The quantitative estimate of drug-likeness (QED) is 0.681. The van der Waals surface area contributed by atoms with Crippen LogP contribution < -0.4 is 0 Å². The van der Waals surface area contributed by atoms with E-state index in [9.17, 15) is 0 Å². The van der Waals surface area contributed by atoms with E-state index in [0.29, 0.717) is 11.5 Å². The highest BCUT2D eigenvalue weighted by molar-refractivity contribution is 4.93. The molecule has 0 aromatic rings. The normalized spacial score (nSPS) is 46.1. The first-order valence-electron chi connectivity index (χ1n) is 7.18. The zero-order valence-electron chi connectivity index (χ0n) is 11.5. The van der Waals surface area contributed by atoms with Gasteiger partial charge in [0.25, 0.3) is 0 Å². The van der Waals surface area contributed by atoms with Crippen molar-refractivity contribution in [3.05, 3.63) is 0 Å². The summed E-state index contributed by atoms with van der Waals surface area (Å²) in [5, 5.41) is 0. The topological polar surface area (TPSA) is 9.23 Å². The highest BCUT2D eigenvalue weighted by Crippen LogP contribution is 2.49. The minimum atomic E-state index is 0.535. The van der Waals surface area contributed by atoms with Gasteiger partial charge in [-0.15, -0.1) is 0 Å². The van der Waals surface area contributed by atoms with Crippen molar-refractivity contribution >= 4 is 0 Å². The molecule has 0 spiro atoms. The number of ether oxygens (including phenoxy) is 1. The maximum atomic E-state index is 6.04. The number of hydrogen-bond acceptors (Lipinski definition) is 1. The molecule has 2 rings (SSSR count). The van der Waals surface area contributed by atoms with Crippen LogP contribution in [0.5, 0.6) is 0 Å². The lowest BCUT2D eigenvalue weighted by atomic mass is 9.61. The van der Waals surface area contributed by atoms with E-state index in [1.807, 2.05) is 0 Å². The van der Waals surface area contributed by atoms with E-state index in [4.69, 9.17) is 4.74 Å². The van der Waals surface area contributed by atoms with Crippen LogP contribution in [0.15, 0.2) is 0 Å². The van der Waals surface area contributed by atoms with Crippen molar-refractivity contribution in [2.24, 2.45) is 23.2 Å². The standard InChI is InChI=1S/C15H28O/c1-5-12(3)15(4)8-6-13-11(2)7-9-16-14(13)10-15/h11-14H,5-10H2,1-4H3. The molecule has 0 aromatic carbocycles. The summed E-state index contributed by atoms with van der Waals surface area (Å²) in [5.41, 5.74) is 0.535. The van der Waals surface area contributed by atoms with Gasteiger partial charge in [0.15, 0.2) is 0 Å². The summed E-state index contributed by atoms with van der Waals surface area (Å²) < 4.78 is 6.04. The Morgan fingerprint density at radius 2 is 2.12 bits per heavy atom. The van der Waals surface area contributed by atoms with E-state index in [0.717, 1.165) is 24.4 Å². The number of fused-ring (bicyclic) bond motifs is 1. The van der Waals surface area contributed by atoms with Crippen LogP contribution in [0.3, 0.4) is 0 Å². The molecule has 2 fully saturated rings. The van der Waals surface area contributed by atoms with Gasteiger partial charge < -0.3 is 4.74 Å². The SMILES string of the molecule is CCC(C)C1(C)CCC2C(C)CCOC2C1. The van der Waals surface area contributed by atoms with Crippen LogP contribution in [-0.2, 0) is 4.74 Å². The molecule has 16 heavy (non-hydrogen) atoms. The van der Waals surface area contributed by atoms with E-state index >= 15 is 0 Å². The lowest BCUT2D eigenvalue weighted by Crippen LogP contribution is -2.45. The zero-order valence-corrected chi connectivity index (χ0v) is 11.5. The van der Waals surface area contributed by atoms with E-state index in [-0.39, 0.29) is 0 Å². The molecule has 1 heteroatoms. The number of hydrogen-bond donors (Lipinski definition) is 0. The first kappa shape index (κ1) is 12.4. The van der Waals surface area contributed by atoms with Gasteiger partial charge in [0.1, 0.15) is 0 Å². The molecule has 0 amide bonds. The van der Waals surface area contributed by atoms with Gasteiger partial charge in [-0.3, -0.25) is 0 Å². The minimum absolute atomic E-state index is 0.535. The zero-order chi connectivity index (χ0) is 11.8. The summed E-state index contributed by atoms with van der Waals surface area (Å²) in [5.74, 6) is 2.58. The molecule has 5 atom stereocenters. The predicted octanol–water partition coefficient (Wildman–Crippen LogP) is 4.26. The third kappa shape index (κ3) is 2.16. The summed E-state index contributed by atoms with van der Waals surface area (Å²) in [6.07, 6.45) is 7.27. The molecular formula is C15H28O. The molecule has 1 saturated heterocycles. The first-order chi connectivity index (χ1) is 7.57. The molecule has 1 aliphatic heterocycles. The fourth-order valence-corrected chi connectivity index (χ4v) is 3.79. The largest absolute Gasteiger partial charge is 0.378 e. The van der Waals surface area contributed by atoms with Gasteiger partial charge in [0.05, 0.1) is 6.10 Å². The van der Waals surface area contributed by atoms with Crippen LogP contribution in [0.1, 0.15) is 59.8 Å². The van der Waals surface area contributed by atoms with Crippen molar-refractivity contribution in [1.82, 2.24) is 0 Å². The van der Waals surface area contributed by atoms with Gasteiger partial charge >= 0.3 is 0 Å². The summed E-state index contributed by atoms with van der Waals surface area (Å²) in [4.78, 5) is 0. The molecule has 0 bridgehead atoms. The Bertz CT molecular complexity index is 238. The minimum Gasteiger partial charge on any atom is -0.378 e. The van der Waals surface area contributed by atoms with Gasteiger partial charge in [-0.2, -0.15) is 0 Å². The van der Waals surface area contributed by atoms with Crippen molar-refractivity contribution in [1.29, 1.82) is 0 Å². The molecule has 94 valence electrons. The molecule has 0 aromatic heterocycles. The second-order valence-corrected chi connectivity index (χ2v) is 6.55. The van der Waals surface area contributed by atoms with Gasteiger partial charge in [-0.25, -0.2) is 0 Å². The summed E-state index contributed by atoms with van der Waals surface area (Å²) in [7, 11) is 0. The van der Waals surface area contributed by atoms with Crippen LogP contribution in [0.2, 0.25) is 0 Å². The molecule has 2 aliphatic rings. The van der Waals surface area contributed by atoms with Gasteiger partial charge in [0.2, 0.25) is 0 Å². The molecule has 5 unspecified atom stereocenters. The molecule has 1 nitrogen and oxygen atoms in total. The van der Waals surface area contributed by atoms with Gasteiger partial charge in [-0.05, 0) is 48.9 Å². The van der Waals surface area contributed by atoms with Crippen molar-refractivity contribution in [3.8, 4) is 0 Å². The molecule has 1 saturated carbocycles. The third-order valence-corrected chi connectivity index (χ3v) is 5.63. The number of rotatable bonds is 2. The Hall–Kier alpha value is -0.0400. The maximum absolute atomic E-state index is 6.04. The van der Waals surface area contributed by atoms with E-state index in [1.165, 1.54) is 32.1 Å². The van der Waals surface area contributed by atoms with Crippen LogP contribution in [0.4, 0.5) is 0 Å². The lowest BCUT2D eigenvalue weighted by Gasteiger charge is -2.49. The Kier molecular flexibility index (Phi) is 3.63. The Balaban J connectivity index is 2.04. The monoisotopic (exact) mass is 224 g/mol. The van der Waals surface area contributed by atoms with Gasteiger partial charge in [-0.1, -0.05) is 34.1 Å². The third-order valence-electron chi connectivity index (χ3n) is 5.63. The van der Waals surface area contributed by atoms with Gasteiger partial charge in [0, 0.05) is 6.61 Å². The van der Waals surface area contributed by atoms with Crippen molar-refractivity contribution in [3.63, 3.8) is 0 Å². The smallest absolute Gasteiger partial charge is 0.0611 e. The predicted molar refractivity (Wildman–Crippen MR) is 68.4 cm³/mol. The average Bonchev–Trinajstić information content (AvgIpc) is 2.28. The highest BCUT2D eigenvalue weighted by Gasteiger charge is 2.43. The highest BCUT2D eigenvalue weighted by atomic mass is 16.5. The van der Waals surface area contributed by atoms with E-state index < -0.39 is 0 Å². The Morgan fingerprint density at radius 3 is 2.81 bits per heavy atom.